The summed E-state index contributed by atoms with van der Waals surface area (Å²) in [6.45, 7) is 0.340. The predicted octanol–water partition coefficient (Wildman–Crippen LogP) is 4.83. The van der Waals surface area contributed by atoms with Crippen LogP contribution in [0.25, 0.3) is 0 Å². The molecule has 0 bridgehead atoms. The van der Waals surface area contributed by atoms with E-state index in [-0.39, 0.29) is 28.5 Å². The molecule has 8 heteroatoms. The summed E-state index contributed by atoms with van der Waals surface area (Å²) in [5, 5.41) is 2.89. The lowest BCUT2D eigenvalue weighted by Crippen LogP contribution is -2.23. The van der Waals surface area contributed by atoms with Gasteiger partial charge in [0, 0.05) is 16.7 Å². The number of sulfone groups is 1. The molecule has 166 valence electrons. The zero-order valence-electron chi connectivity index (χ0n) is 17.2. The van der Waals surface area contributed by atoms with Crippen molar-refractivity contribution < 1.29 is 22.3 Å². The third kappa shape index (κ3) is 5.89. The molecule has 1 unspecified atom stereocenters. The highest BCUT2D eigenvalue weighted by molar-refractivity contribution is 8.02. The molecule has 32 heavy (non-hydrogen) atoms. The summed E-state index contributed by atoms with van der Waals surface area (Å²) in [6.07, 6.45) is 0.606. The van der Waals surface area contributed by atoms with Gasteiger partial charge in [0.1, 0.15) is 17.3 Å². The number of carbonyl (C=O) groups excluding carboxylic acids is 1. The summed E-state index contributed by atoms with van der Waals surface area (Å²) < 4.78 is 42.1. The predicted molar refractivity (Wildman–Crippen MR) is 123 cm³/mol. The molecule has 0 spiro atoms. The van der Waals surface area contributed by atoms with Gasteiger partial charge in [-0.3, -0.25) is 4.79 Å². The maximum Gasteiger partial charge on any atom is 0.252 e. The van der Waals surface area contributed by atoms with E-state index >= 15 is 0 Å². The van der Waals surface area contributed by atoms with Gasteiger partial charge in [0.05, 0.1) is 17.1 Å². The first kappa shape index (κ1) is 22.4. The van der Waals surface area contributed by atoms with Crippen LogP contribution in [-0.4, -0.2) is 31.1 Å². The highest BCUT2D eigenvalue weighted by Gasteiger charge is 2.29. The first-order valence-electron chi connectivity index (χ1n) is 10.1. The SMILES string of the molecule is O=C(NCc1ccc(Oc2ccc(F)cc2)cc1)c1ccccc1SC1CCS(=O)(=O)C1. The molecule has 4 rings (SSSR count). The Labute approximate surface area is 190 Å². The zero-order valence-corrected chi connectivity index (χ0v) is 18.8. The molecule has 0 radical (unpaired) electrons. The van der Waals surface area contributed by atoms with Crippen LogP contribution in [-0.2, 0) is 16.4 Å². The first-order chi connectivity index (χ1) is 15.4. The minimum atomic E-state index is -2.97. The number of benzene rings is 3. The van der Waals surface area contributed by atoms with Crippen LogP contribution < -0.4 is 10.1 Å². The van der Waals surface area contributed by atoms with Crippen molar-refractivity contribution in [3.63, 3.8) is 0 Å². The van der Waals surface area contributed by atoms with Crippen molar-refractivity contribution in [3.05, 3.63) is 89.7 Å². The minimum absolute atomic E-state index is 0.0254. The van der Waals surface area contributed by atoms with Crippen molar-refractivity contribution in [2.24, 2.45) is 0 Å². The van der Waals surface area contributed by atoms with E-state index in [2.05, 4.69) is 5.32 Å². The Balaban J connectivity index is 1.35. The van der Waals surface area contributed by atoms with Gasteiger partial charge in [-0.15, -0.1) is 11.8 Å². The number of carbonyl (C=O) groups is 1. The number of halogens is 1. The van der Waals surface area contributed by atoms with Crippen molar-refractivity contribution in [1.82, 2.24) is 5.32 Å². The molecule has 3 aromatic carbocycles. The summed E-state index contributed by atoms with van der Waals surface area (Å²) in [6, 6.07) is 20.3. The van der Waals surface area contributed by atoms with Crippen LogP contribution in [0.1, 0.15) is 22.3 Å². The standard InChI is InChI=1S/C24H22FNO4S2/c25-18-7-11-20(12-8-18)30-19-9-5-17(6-10-19)15-26-24(27)22-3-1-2-4-23(22)31-21-13-14-32(28,29)16-21/h1-12,21H,13-16H2,(H,26,27). The molecule has 0 aliphatic carbocycles. The molecule has 5 nitrogen and oxygen atoms in total. The second kappa shape index (κ2) is 9.75. The summed E-state index contributed by atoms with van der Waals surface area (Å²) in [5.74, 6) is 0.980. The van der Waals surface area contributed by atoms with Gasteiger partial charge >= 0.3 is 0 Å². The van der Waals surface area contributed by atoms with E-state index in [1.165, 1.54) is 23.9 Å². The molecule has 1 heterocycles. The lowest BCUT2D eigenvalue weighted by molar-refractivity contribution is 0.0948. The molecular formula is C24H22FNO4S2. The quantitative estimate of drug-likeness (QED) is 0.535. The van der Waals surface area contributed by atoms with Crippen LogP contribution in [0.15, 0.2) is 77.7 Å². The topological polar surface area (TPSA) is 72.5 Å². The number of hydrogen-bond donors (Lipinski definition) is 1. The van der Waals surface area contributed by atoms with Gasteiger partial charge in [-0.2, -0.15) is 0 Å². The van der Waals surface area contributed by atoms with Gasteiger partial charge in [-0.05, 0) is 60.5 Å². The van der Waals surface area contributed by atoms with Crippen molar-refractivity contribution in [2.45, 2.75) is 23.1 Å². The second-order valence-corrected chi connectivity index (χ2v) is 11.1. The van der Waals surface area contributed by atoms with Crippen LogP contribution in [0.3, 0.4) is 0 Å². The Morgan fingerprint density at radius 1 is 1.00 bits per heavy atom. The van der Waals surface area contributed by atoms with E-state index in [1.807, 2.05) is 24.3 Å². The molecule has 1 saturated heterocycles. The maximum atomic E-state index is 13.0. The van der Waals surface area contributed by atoms with Crippen LogP contribution >= 0.6 is 11.8 Å². The summed E-state index contributed by atoms with van der Waals surface area (Å²) >= 11 is 1.45. The molecule has 1 N–H and O–H groups in total. The fraction of sp³-hybridized carbons (Fsp3) is 0.208. The fourth-order valence-electron chi connectivity index (χ4n) is 3.38. The molecule has 1 atom stereocenters. The van der Waals surface area contributed by atoms with Gasteiger partial charge in [0.15, 0.2) is 9.84 Å². The Bertz CT molecular complexity index is 1200. The number of amides is 1. The third-order valence-electron chi connectivity index (χ3n) is 5.04. The van der Waals surface area contributed by atoms with Gasteiger partial charge in [0.25, 0.3) is 5.91 Å². The Hall–Kier alpha value is -2.84. The second-order valence-electron chi connectivity index (χ2n) is 7.52. The van der Waals surface area contributed by atoms with E-state index in [0.717, 1.165) is 10.5 Å². The monoisotopic (exact) mass is 471 g/mol. The van der Waals surface area contributed by atoms with E-state index in [9.17, 15) is 17.6 Å². The number of rotatable bonds is 7. The number of hydrogen-bond acceptors (Lipinski definition) is 5. The summed E-state index contributed by atoms with van der Waals surface area (Å²) in [5.41, 5.74) is 1.44. The molecule has 0 aromatic heterocycles. The number of nitrogens with one attached hydrogen (secondary N) is 1. The Kier molecular flexibility index (Phi) is 6.81. The zero-order chi connectivity index (χ0) is 22.6. The summed E-state index contributed by atoms with van der Waals surface area (Å²) in [4.78, 5) is 13.6. The van der Waals surface area contributed by atoms with Crippen LogP contribution in [0.5, 0.6) is 11.5 Å². The fourth-order valence-corrected chi connectivity index (χ4v) is 7.01. The highest BCUT2D eigenvalue weighted by atomic mass is 32.2. The van der Waals surface area contributed by atoms with Crippen LogP contribution in [0, 0.1) is 5.82 Å². The average molecular weight is 472 g/mol. The van der Waals surface area contributed by atoms with Gasteiger partial charge in [-0.25, -0.2) is 12.8 Å². The number of ether oxygens (including phenoxy) is 1. The normalized spacial score (nSPS) is 17.1. The Morgan fingerprint density at radius 2 is 1.66 bits per heavy atom. The maximum absolute atomic E-state index is 13.0. The average Bonchev–Trinajstić information content (AvgIpc) is 3.13. The van der Waals surface area contributed by atoms with Crippen molar-refractivity contribution in [1.29, 1.82) is 0 Å². The molecule has 1 aliphatic heterocycles. The molecule has 1 amide bonds. The van der Waals surface area contributed by atoms with Crippen molar-refractivity contribution in [3.8, 4) is 11.5 Å². The smallest absolute Gasteiger partial charge is 0.252 e. The van der Waals surface area contributed by atoms with E-state index < -0.39 is 9.84 Å². The van der Waals surface area contributed by atoms with E-state index in [1.54, 1.807) is 36.4 Å². The minimum Gasteiger partial charge on any atom is -0.457 e. The lowest BCUT2D eigenvalue weighted by atomic mass is 10.2. The van der Waals surface area contributed by atoms with E-state index in [4.69, 9.17) is 4.74 Å². The number of thioether (sulfide) groups is 1. The molecular weight excluding hydrogens is 449 g/mol. The molecule has 3 aromatic rings. The Morgan fingerprint density at radius 3 is 2.31 bits per heavy atom. The summed E-state index contributed by atoms with van der Waals surface area (Å²) in [7, 11) is -2.97. The van der Waals surface area contributed by atoms with Gasteiger partial charge in [0.2, 0.25) is 0 Å². The van der Waals surface area contributed by atoms with E-state index in [0.29, 0.717) is 30.0 Å². The lowest BCUT2D eigenvalue weighted by Gasteiger charge is -2.13. The molecule has 1 aliphatic rings. The third-order valence-corrected chi connectivity index (χ3v) is 8.37. The van der Waals surface area contributed by atoms with Crippen molar-refractivity contribution >= 4 is 27.5 Å². The highest BCUT2D eigenvalue weighted by Crippen LogP contribution is 2.33. The van der Waals surface area contributed by atoms with Gasteiger partial charge < -0.3 is 10.1 Å². The first-order valence-corrected chi connectivity index (χ1v) is 12.8. The van der Waals surface area contributed by atoms with Crippen molar-refractivity contribution in [2.75, 3.05) is 11.5 Å². The molecule has 1 fully saturated rings. The largest absolute Gasteiger partial charge is 0.457 e. The molecule has 0 saturated carbocycles. The van der Waals surface area contributed by atoms with Crippen LogP contribution in [0.4, 0.5) is 4.39 Å². The van der Waals surface area contributed by atoms with Gasteiger partial charge in [-0.1, -0.05) is 24.3 Å². The van der Waals surface area contributed by atoms with Crippen LogP contribution in [0.2, 0.25) is 0 Å².